The molecule has 0 aromatic heterocycles. The van der Waals surface area contributed by atoms with Gasteiger partial charge in [-0.3, -0.25) is 9.59 Å². The molecule has 0 aromatic rings. The minimum absolute atomic E-state index is 0.0141. The average molecular weight is 342 g/mol. The SMILES string of the molecule is CCC(=O)[C@@]1(O)CCC2C3CCC4=CC(=O)CC[C@]4(C)C3=CC[C@@]21C. The normalized spacial score (nSPS) is 45.8. The number of aliphatic hydroxyl groups is 1. The molecule has 4 rings (SSSR count). The lowest BCUT2D eigenvalue weighted by atomic mass is 9.50. The fourth-order valence-electron chi connectivity index (χ4n) is 6.62. The summed E-state index contributed by atoms with van der Waals surface area (Å²) in [6, 6.07) is 0. The highest BCUT2D eigenvalue weighted by Crippen LogP contribution is 2.65. The van der Waals surface area contributed by atoms with Crippen LogP contribution < -0.4 is 0 Å². The summed E-state index contributed by atoms with van der Waals surface area (Å²) in [6.07, 6.45) is 10.6. The topological polar surface area (TPSA) is 54.4 Å². The van der Waals surface area contributed by atoms with Gasteiger partial charge in [0, 0.05) is 23.7 Å². The van der Waals surface area contributed by atoms with E-state index < -0.39 is 5.60 Å². The zero-order chi connectivity index (χ0) is 18.0. The van der Waals surface area contributed by atoms with E-state index in [2.05, 4.69) is 19.9 Å². The predicted molar refractivity (Wildman–Crippen MR) is 96.9 cm³/mol. The largest absolute Gasteiger partial charge is 0.381 e. The number of allylic oxidation sites excluding steroid dienone is 4. The van der Waals surface area contributed by atoms with E-state index in [0.29, 0.717) is 31.1 Å². The van der Waals surface area contributed by atoms with Crippen molar-refractivity contribution in [3.63, 3.8) is 0 Å². The maximum atomic E-state index is 12.6. The van der Waals surface area contributed by atoms with Crippen LogP contribution in [0.2, 0.25) is 0 Å². The Morgan fingerprint density at radius 2 is 2.00 bits per heavy atom. The second-order valence-corrected chi connectivity index (χ2v) is 9.18. The second kappa shape index (κ2) is 5.39. The van der Waals surface area contributed by atoms with E-state index in [9.17, 15) is 14.7 Å². The molecule has 3 nitrogen and oxygen atoms in total. The van der Waals surface area contributed by atoms with Gasteiger partial charge in [-0.05, 0) is 56.4 Å². The first kappa shape index (κ1) is 17.2. The van der Waals surface area contributed by atoms with Crippen molar-refractivity contribution in [1.29, 1.82) is 0 Å². The van der Waals surface area contributed by atoms with Crippen LogP contribution in [-0.2, 0) is 9.59 Å². The molecule has 2 unspecified atom stereocenters. The van der Waals surface area contributed by atoms with Crippen LogP contribution in [0.1, 0.15) is 72.1 Å². The third-order valence-corrected chi connectivity index (χ3v) is 8.27. The van der Waals surface area contributed by atoms with E-state index in [4.69, 9.17) is 0 Å². The number of hydrogen-bond donors (Lipinski definition) is 1. The first-order chi connectivity index (χ1) is 11.8. The molecular weight excluding hydrogens is 312 g/mol. The molecule has 1 N–H and O–H groups in total. The molecule has 4 aliphatic rings. The van der Waals surface area contributed by atoms with Gasteiger partial charge in [-0.1, -0.05) is 38.0 Å². The molecule has 0 heterocycles. The van der Waals surface area contributed by atoms with Gasteiger partial charge in [0.2, 0.25) is 0 Å². The molecule has 2 fully saturated rings. The van der Waals surface area contributed by atoms with Gasteiger partial charge in [-0.2, -0.15) is 0 Å². The van der Waals surface area contributed by atoms with Crippen molar-refractivity contribution < 1.29 is 14.7 Å². The smallest absolute Gasteiger partial charge is 0.164 e. The molecule has 136 valence electrons. The van der Waals surface area contributed by atoms with Crippen molar-refractivity contribution in [3.05, 3.63) is 23.3 Å². The van der Waals surface area contributed by atoms with Gasteiger partial charge in [0.15, 0.2) is 11.6 Å². The molecule has 0 amide bonds. The lowest BCUT2D eigenvalue weighted by Gasteiger charge is -2.54. The van der Waals surface area contributed by atoms with Crippen molar-refractivity contribution in [2.24, 2.45) is 22.7 Å². The zero-order valence-corrected chi connectivity index (χ0v) is 15.7. The van der Waals surface area contributed by atoms with Crippen molar-refractivity contribution in [2.45, 2.75) is 77.7 Å². The van der Waals surface area contributed by atoms with Crippen molar-refractivity contribution in [2.75, 3.05) is 0 Å². The van der Waals surface area contributed by atoms with Gasteiger partial charge < -0.3 is 5.11 Å². The number of Topliss-reactive ketones (excluding diaryl/α,β-unsaturated/α-hetero) is 1. The Morgan fingerprint density at radius 1 is 1.24 bits per heavy atom. The van der Waals surface area contributed by atoms with E-state index >= 15 is 0 Å². The van der Waals surface area contributed by atoms with Crippen LogP contribution in [0.25, 0.3) is 0 Å². The second-order valence-electron chi connectivity index (χ2n) is 9.18. The zero-order valence-electron chi connectivity index (χ0n) is 15.7. The lowest BCUT2D eigenvalue weighted by Crippen LogP contribution is -2.54. The molecule has 25 heavy (non-hydrogen) atoms. The van der Waals surface area contributed by atoms with E-state index in [1.807, 2.05) is 13.0 Å². The summed E-state index contributed by atoms with van der Waals surface area (Å²) in [7, 11) is 0. The molecule has 0 saturated heterocycles. The summed E-state index contributed by atoms with van der Waals surface area (Å²) in [5.74, 6) is 1.12. The predicted octanol–water partition coefficient (Wildman–Crippen LogP) is 4.15. The molecule has 0 aliphatic heterocycles. The van der Waals surface area contributed by atoms with Gasteiger partial charge in [0.05, 0.1) is 0 Å². The lowest BCUT2D eigenvalue weighted by molar-refractivity contribution is -0.152. The standard InChI is InChI=1S/C22H30O3/c1-4-19(24)22(25)12-9-18-16-6-5-14-13-15(23)7-10-20(14,2)17(16)8-11-21(18,22)3/h8,13,16,18,25H,4-7,9-12H2,1-3H3/t16?,18?,20-,21-,22-/m0/s1. The van der Waals surface area contributed by atoms with Gasteiger partial charge >= 0.3 is 0 Å². The Morgan fingerprint density at radius 3 is 2.72 bits per heavy atom. The fraction of sp³-hybridized carbons (Fsp3) is 0.727. The third-order valence-electron chi connectivity index (χ3n) is 8.27. The highest BCUT2D eigenvalue weighted by molar-refractivity contribution is 5.92. The summed E-state index contributed by atoms with van der Waals surface area (Å²) < 4.78 is 0. The van der Waals surface area contributed by atoms with Crippen molar-refractivity contribution >= 4 is 11.6 Å². The summed E-state index contributed by atoms with van der Waals surface area (Å²) >= 11 is 0. The van der Waals surface area contributed by atoms with Crippen LogP contribution in [0.5, 0.6) is 0 Å². The maximum Gasteiger partial charge on any atom is 0.164 e. The van der Waals surface area contributed by atoms with Gasteiger partial charge in [0.1, 0.15) is 5.60 Å². The van der Waals surface area contributed by atoms with Crippen LogP contribution in [0.15, 0.2) is 23.3 Å². The maximum absolute atomic E-state index is 12.6. The number of fused-ring (bicyclic) bond motifs is 5. The number of ketones is 2. The summed E-state index contributed by atoms with van der Waals surface area (Å²) in [5, 5.41) is 11.3. The Balaban J connectivity index is 1.75. The highest BCUT2D eigenvalue weighted by atomic mass is 16.3. The van der Waals surface area contributed by atoms with E-state index in [1.54, 1.807) is 0 Å². The van der Waals surface area contributed by atoms with Crippen LogP contribution >= 0.6 is 0 Å². The van der Waals surface area contributed by atoms with Crippen LogP contribution in [0, 0.1) is 22.7 Å². The van der Waals surface area contributed by atoms with E-state index in [-0.39, 0.29) is 22.4 Å². The minimum atomic E-state index is -1.16. The molecule has 0 aromatic carbocycles. The Labute approximate surface area is 150 Å². The van der Waals surface area contributed by atoms with Crippen LogP contribution in [0.4, 0.5) is 0 Å². The van der Waals surface area contributed by atoms with Gasteiger partial charge in [0.25, 0.3) is 0 Å². The van der Waals surface area contributed by atoms with Crippen LogP contribution in [-0.4, -0.2) is 22.3 Å². The number of carbonyl (C=O) groups is 2. The fourth-order valence-corrected chi connectivity index (χ4v) is 6.62. The molecule has 3 heteroatoms. The van der Waals surface area contributed by atoms with Crippen molar-refractivity contribution in [3.8, 4) is 0 Å². The number of carbonyl (C=O) groups excluding carboxylic acids is 2. The highest BCUT2D eigenvalue weighted by Gasteiger charge is 2.63. The Bertz CT molecular complexity index is 702. The van der Waals surface area contributed by atoms with Crippen LogP contribution in [0.3, 0.4) is 0 Å². The summed E-state index contributed by atoms with van der Waals surface area (Å²) in [6.45, 7) is 6.31. The molecule has 2 saturated carbocycles. The Hall–Kier alpha value is -1.22. The third kappa shape index (κ3) is 2.08. The first-order valence-electron chi connectivity index (χ1n) is 9.96. The number of rotatable bonds is 2. The molecule has 0 spiro atoms. The molecule has 5 atom stereocenters. The quantitative estimate of drug-likeness (QED) is 0.767. The molecule has 4 aliphatic carbocycles. The molecule has 0 radical (unpaired) electrons. The van der Waals surface area contributed by atoms with Gasteiger partial charge in [-0.25, -0.2) is 0 Å². The molecule has 0 bridgehead atoms. The monoisotopic (exact) mass is 342 g/mol. The number of hydrogen-bond acceptors (Lipinski definition) is 3. The summed E-state index contributed by atoms with van der Waals surface area (Å²) in [5.41, 5.74) is 1.33. The Kier molecular flexibility index (Phi) is 3.71. The van der Waals surface area contributed by atoms with Gasteiger partial charge in [-0.15, -0.1) is 0 Å². The minimum Gasteiger partial charge on any atom is -0.381 e. The summed E-state index contributed by atoms with van der Waals surface area (Å²) in [4.78, 5) is 24.4. The average Bonchev–Trinajstić information content (AvgIpc) is 2.87. The van der Waals surface area contributed by atoms with E-state index in [0.717, 1.165) is 32.1 Å². The van der Waals surface area contributed by atoms with E-state index in [1.165, 1.54) is 11.1 Å². The molecular formula is C22H30O3. The van der Waals surface area contributed by atoms with Crippen molar-refractivity contribution in [1.82, 2.24) is 0 Å². The first-order valence-corrected chi connectivity index (χ1v) is 9.96.